The Morgan fingerprint density at radius 1 is 1.33 bits per heavy atom. The second-order valence-corrected chi connectivity index (χ2v) is 8.03. The fourth-order valence-electron chi connectivity index (χ4n) is 3.24. The Labute approximate surface area is 152 Å². The Morgan fingerprint density at radius 2 is 2.17 bits per heavy atom. The van der Waals surface area contributed by atoms with E-state index in [2.05, 4.69) is 26.2 Å². The molecule has 1 unspecified atom stereocenters. The second kappa shape index (κ2) is 6.29. The molecule has 5 nitrogen and oxygen atoms in total. The molecule has 1 N–H and O–H groups in total. The van der Waals surface area contributed by atoms with E-state index in [1.54, 1.807) is 16.2 Å². The van der Waals surface area contributed by atoms with Crippen LogP contribution in [0.2, 0.25) is 0 Å². The number of anilines is 2. The van der Waals surface area contributed by atoms with E-state index in [9.17, 15) is 9.59 Å². The van der Waals surface area contributed by atoms with Gasteiger partial charge >= 0.3 is 0 Å². The molecule has 0 radical (unpaired) electrons. The second-order valence-electron chi connectivity index (χ2n) is 6.09. The molecule has 2 aliphatic rings. The number of hydrogen-bond acceptors (Lipinski definition) is 4. The van der Waals surface area contributed by atoms with Crippen molar-refractivity contribution in [2.45, 2.75) is 25.7 Å². The fraction of sp³-hybridized carbons (Fsp3) is 0.353. The molecule has 1 aliphatic carbocycles. The van der Waals surface area contributed by atoms with Crippen LogP contribution < -0.4 is 10.2 Å². The van der Waals surface area contributed by atoms with Crippen molar-refractivity contribution in [2.75, 3.05) is 16.8 Å². The highest BCUT2D eigenvalue weighted by Crippen LogP contribution is 2.33. The fourth-order valence-corrected chi connectivity index (χ4v) is 4.79. The van der Waals surface area contributed by atoms with Crippen LogP contribution >= 0.6 is 27.3 Å². The smallest absolute Gasteiger partial charge is 0.231 e. The lowest BCUT2D eigenvalue weighted by molar-refractivity contribution is -0.122. The molecule has 0 bridgehead atoms. The molecule has 24 heavy (non-hydrogen) atoms. The molecule has 1 fully saturated rings. The molecule has 124 valence electrons. The van der Waals surface area contributed by atoms with Gasteiger partial charge < -0.3 is 10.2 Å². The number of fused-ring (bicyclic) bond motifs is 1. The Bertz CT molecular complexity index is 798. The van der Waals surface area contributed by atoms with Crippen molar-refractivity contribution >= 4 is 49.9 Å². The highest BCUT2D eigenvalue weighted by molar-refractivity contribution is 9.10. The van der Waals surface area contributed by atoms with Crippen LogP contribution in [-0.2, 0) is 22.4 Å². The van der Waals surface area contributed by atoms with Crippen LogP contribution in [0.15, 0.2) is 28.7 Å². The minimum atomic E-state index is -0.344. The van der Waals surface area contributed by atoms with Crippen molar-refractivity contribution < 1.29 is 9.59 Å². The number of benzene rings is 1. The van der Waals surface area contributed by atoms with Crippen molar-refractivity contribution in [3.05, 3.63) is 39.3 Å². The zero-order valence-electron chi connectivity index (χ0n) is 12.9. The largest absolute Gasteiger partial charge is 0.310 e. The zero-order valence-corrected chi connectivity index (χ0v) is 15.3. The van der Waals surface area contributed by atoms with Gasteiger partial charge in [0.1, 0.15) is 0 Å². The number of carbonyl (C=O) groups is 2. The number of aryl methyl sites for hydroxylation is 2. The first-order chi connectivity index (χ1) is 11.6. The number of amides is 2. The van der Waals surface area contributed by atoms with E-state index in [1.165, 1.54) is 4.88 Å². The normalized spacial score (nSPS) is 19.6. The monoisotopic (exact) mass is 405 g/mol. The first-order valence-corrected chi connectivity index (χ1v) is 9.57. The maximum absolute atomic E-state index is 12.5. The molecular formula is C17H16BrN3O2S. The van der Waals surface area contributed by atoms with Crippen LogP contribution in [0.3, 0.4) is 0 Å². The standard InChI is InChI=1S/C17H16BrN3O2S/c18-11-4-1-2-6-13(11)21-9-10(8-15(21)22)16(23)20-17-19-12-5-3-7-14(12)24-17/h1-2,4,6,10H,3,5,7-9H2,(H,19,20,23). The van der Waals surface area contributed by atoms with Crippen LogP contribution in [0.4, 0.5) is 10.8 Å². The number of rotatable bonds is 3. The lowest BCUT2D eigenvalue weighted by atomic mass is 10.1. The van der Waals surface area contributed by atoms with Crippen LogP contribution in [0.1, 0.15) is 23.4 Å². The lowest BCUT2D eigenvalue weighted by Crippen LogP contribution is -2.28. The highest BCUT2D eigenvalue weighted by atomic mass is 79.9. The summed E-state index contributed by atoms with van der Waals surface area (Å²) in [6, 6.07) is 7.57. The van der Waals surface area contributed by atoms with Gasteiger partial charge in [0.25, 0.3) is 0 Å². The Kier molecular flexibility index (Phi) is 4.14. The molecule has 1 saturated heterocycles. The predicted octanol–water partition coefficient (Wildman–Crippen LogP) is 3.39. The van der Waals surface area contributed by atoms with E-state index in [-0.39, 0.29) is 24.2 Å². The van der Waals surface area contributed by atoms with Crippen molar-refractivity contribution in [1.82, 2.24) is 4.98 Å². The number of nitrogens with zero attached hydrogens (tertiary/aromatic N) is 2. The highest BCUT2D eigenvalue weighted by Gasteiger charge is 2.36. The third kappa shape index (κ3) is 2.86. The minimum absolute atomic E-state index is 0.0244. The summed E-state index contributed by atoms with van der Waals surface area (Å²) >= 11 is 5.03. The Balaban J connectivity index is 1.46. The van der Waals surface area contributed by atoms with Gasteiger partial charge in [0.05, 0.1) is 17.3 Å². The van der Waals surface area contributed by atoms with Gasteiger partial charge in [-0.05, 0) is 47.3 Å². The molecule has 1 aromatic heterocycles. The summed E-state index contributed by atoms with van der Waals surface area (Å²) in [4.78, 5) is 32.3. The number of hydrogen-bond donors (Lipinski definition) is 1. The quantitative estimate of drug-likeness (QED) is 0.850. The summed E-state index contributed by atoms with van der Waals surface area (Å²) in [6.07, 6.45) is 3.44. The molecule has 2 amide bonds. The third-order valence-corrected chi connectivity index (χ3v) is 6.21. The van der Waals surface area contributed by atoms with E-state index < -0.39 is 0 Å². The molecule has 7 heteroatoms. The van der Waals surface area contributed by atoms with Crippen molar-refractivity contribution in [1.29, 1.82) is 0 Å². The van der Waals surface area contributed by atoms with Gasteiger partial charge in [0.2, 0.25) is 11.8 Å². The summed E-state index contributed by atoms with van der Waals surface area (Å²) < 4.78 is 0.857. The minimum Gasteiger partial charge on any atom is -0.310 e. The van der Waals surface area contributed by atoms with E-state index >= 15 is 0 Å². The van der Waals surface area contributed by atoms with Gasteiger partial charge in [-0.15, -0.1) is 11.3 Å². The topological polar surface area (TPSA) is 62.3 Å². The number of carbonyl (C=O) groups excluding carboxylic acids is 2. The first kappa shape index (κ1) is 15.8. The molecule has 2 aromatic rings. The SMILES string of the molecule is O=C(Nc1nc2c(s1)CCC2)C1CC(=O)N(c2ccccc2Br)C1. The van der Waals surface area contributed by atoms with Crippen LogP contribution in [0.5, 0.6) is 0 Å². The molecule has 0 saturated carbocycles. The lowest BCUT2D eigenvalue weighted by Gasteiger charge is -2.18. The van der Waals surface area contributed by atoms with E-state index in [4.69, 9.17) is 0 Å². The van der Waals surface area contributed by atoms with E-state index in [1.807, 2.05) is 24.3 Å². The van der Waals surface area contributed by atoms with Crippen molar-refractivity contribution in [3.8, 4) is 0 Å². The number of nitrogens with one attached hydrogen (secondary N) is 1. The zero-order chi connectivity index (χ0) is 16.7. The van der Waals surface area contributed by atoms with Gasteiger partial charge in [-0.2, -0.15) is 0 Å². The van der Waals surface area contributed by atoms with Crippen molar-refractivity contribution in [3.63, 3.8) is 0 Å². The third-order valence-electron chi connectivity index (χ3n) is 4.46. The molecule has 0 spiro atoms. The average Bonchev–Trinajstić information content (AvgIpc) is 3.22. The van der Waals surface area contributed by atoms with Gasteiger partial charge in [0.15, 0.2) is 5.13 Å². The number of para-hydroxylation sites is 1. The van der Waals surface area contributed by atoms with Crippen LogP contribution in [0, 0.1) is 5.92 Å². The molecule has 2 heterocycles. The summed E-state index contributed by atoms with van der Waals surface area (Å²) in [5, 5.41) is 3.56. The van der Waals surface area contributed by atoms with Crippen molar-refractivity contribution in [2.24, 2.45) is 5.92 Å². The molecular weight excluding hydrogens is 390 g/mol. The summed E-state index contributed by atoms with van der Waals surface area (Å²) in [6.45, 7) is 0.401. The molecule has 1 atom stereocenters. The Hall–Kier alpha value is -1.73. The number of aromatic nitrogens is 1. The molecule has 1 aliphatic heterocycles. The maximum Gasteiger partial charge on any atom is 0.231 e. The number of halogens is 1. The summed E-state index contributed by atoms with van der Waals surface area (Å²) in [5.74, 6) is -0.489. The summed E-state index contributed by atoms with van der Waals surface area (Å²) in [5.41, 5.74) is 1.93. The summed E-state index contributed by atoms with van der Waals surface area (Å²) in [7, 11) is 0. The van der Waals surface area contributed by atoms with Gasteiger partial charge in [-0.1, -0.05) is 12.1 Å². The average molecular weight is 406 g/mol. The van der Waals surface area contributed by atoms with E-state index in [0.717, 1.165) is 35.1 Å². The number of thiazole rings is 1. The van der Waals surface area contributed by atoms with Gasteiger partial charge in [0, 0.05) is 22.3 Å². The van der Waals surface area contributed by atoms with Gasteiger partial charge in [-0.3, -0.25) is 9.59 Å². The predicted molar refractivity (Wildman–Crippen MR) is 97.4 cm³/mol. The van der Waals surface area contributed by atoms with E-state index in [0.29, 0.717) is 11.7 Å². The van der Waals surface area contributed by atoms with Crippen LogP contribution in [-0.4, -0.2) is 23.3 Å². The Morgan fingerprint density at radius 3 is 2.96 bits per heavy atom. The van der Waals surface area contributed by atoms with Gasteiger partial charge in [-0.25, -0.2) is 4.98 Å². The molecule has 1 aromatic carbocycles. The maximum atomic E-state index is 12.5. The molecule has 4 rings (SSSR count). The first-order valence-electron chi connectivity index (χ1n) is 7.96. The van der Waals surface area contributed by atoms with Crippen LogP contribution in [0.25, 0.3) is 0 Å².